The molecular weight excluding hydrogens is 763 g/mol. The molecule has 0 radical (unpaired) electrons. The van der Waals surface area contributed by atoms with Gasteiger partial charge in [0.15, 0.2) is 5.70 Å². The van der Waals surface area contributed by atoms with E-state index in [4.69, 9.17) is 18.6 Å². The van der Waals surface area contributed by atoms with E-state index in [1.807, 2.05) is 121 Å². The fourth-order valence-electron chi connectivity index (χ4n) is 5.96. The van der Waals surface area contributed by atoms with Crippen molar-refractivity contribution < 1.29 is 48.3 Å². The lowest BCUT2D eigenvalue weighted by Crippen LogP contribution is -2.58. The van der Waals surface area contributed by atoms with Crippen molar-refractivity contribution in [3.8, 4) is 0 Å². The van der Waals surface area contributed by atoms with Crippen molar-refractivity contribution in [3.63, 3.8) is 0 Å². The Kier molecular flexibility index (Phi) is 13.1. The van der Waals surface area contributed by atoms with Gasteiger partial charge in [0.05, 0.1) is 30.8 Å². The van der Waals surface area contributed by atoms with Crippen LogP contribution < -0.4 is 40.5 Å². The summed E-state index contributed by atoms with van der Waals surface area (Å²) in [6.45, 7) is 0. The molecule has 0 aliphatic rings. The number of nitro benzene ring substituents is 2. The van der Waals surface area contributed by atoms with Gasteiger partial charge in [0, 0.05) is 17.2 Å². The second-order valence-electron chi connectivity index (χ2n) is 11.7. The standard InChI is InChI=1S/C40H29N4O6P.ClHO4/c45-39(30-18-8-2-9-19-30)42-37(40(46)41-35-27-26-31(43(47)48)28-36(35)44(49)50)38(29-16-6-1-7-17-29)51(32-20-10-3-11-21-32,33-22-12-4-13-23-33)34-24-14-5-15-25-34;2-1(3,4)5/h1-28H,(H-,41,42,45,46);(H,2,3,4,5)/p+1/b38-37-;. The van der Waals surface area contributed by atoms with Gasteiger partial charge in [-0.05, 0) is 54.6 Å². The zero-order valence-electron chi connectivity index (χ0n) is 29.0. The molecule has 0 saturated carbocycles. The molecule has 3 N–H and O–H groups in total. The summed E-state index contributed by atoms with van der Waals surface area (Å²) in [5.41, 5.74) is -0.716. The number of carbonyl (C=O) groups excluding carboxylic acids is 2. The van der Waals surface area contributed by atoms with Gasteiger partial charge >= 0.3 is 0 Å². The van der Waals surface area contributed by atoms with Crippen LogP contribution in [0, 0.1) is 30.5 Å². The Labute approximate surface area is 322 Å². The molecule has 0 aliphatic heterocycles. The lowest BCUT2D eigenvalue weighted by atomic mass is 10.1. The molecule has 0 heterocycles. The maximum Gasteiger partial charge on any atom is 0.299 e. The molecule has 56 heavy (non-hydrogen) atoms. The maximum absolute atomic E-state index is 14.9. The number of hydrogen-bond acceptors (Lipinski definition) is 10. The number of carbonyl (C=O) groups is 2. The van der Waals surface area contributed by atoms with E-state index in [2.05, 4.69) is 10.6 Å². The molecular formula is C40H31ClN4O10P+. The molecule has 6 aromatic rings. The Balaban J connectivity index is 0.00000113. The zero-order chi connectivity index (χ0) is 40.3. The first-order valence-electron chi connectivity index (χ1n) is 16.4. The van der Waals surface area contributed by atoms with E-state index in [1.54, 1.807) is 30.3 Å². The van der Waals surface area contributed by atoms with Gasteiger partial charge < -0.3 is 10.6 Å². The number of amides is 2. The molecule has 6 aromatic carbocycles. The second kappa shape index (κ2) is 18.1. The van der Waals surface area contributed by atoms with Gasteiger partial charge in [-0.25, -0.2) is 0 Å². The summed E-state index contributed by atoms with van der Waals surface area (Å²) in [7, 11) is -7.81. The molecule has 0 saturated heterocycles. The van der Waals surface area contributed by atoms with Gasteiger partial charge in [-0.15, -0.1) is 0 Å². The smallest absolute Gasteiger partial charge is 0.299 e. The largest absolute Gasteiger partial charge is 0.315 e. The van der Waals surface area contributed by atoms with E-state index >= 15 is 0 Å². The first-order valence-corrected chi connectivity index (χ1v) is 19.5. The third-order valence-corrected chi connectivity index (χ3v) is 12.6. The lowest BCUT2D eigenvalue weighted by molar-refractivity contribution is -1.92. The van der Waals surface area contributed by atoms with E-state index in [1.165, 1.54) is 0 Å². The van der Waals surface area contributed by atoms with Gasteiger partial charge in [0.1, 0.15) is 34.2 Å². The minimum atomic E-state index is -4.69. The highest BCUT2D eigenvalue weighted by molar-refractivity contribution is 8.03. The van der Waals surface area contributed by atoms with Crippen LogP contribution in [-0.4, -0.2) is 26.3 Å². The number of anilines is 1. The number of rotatable bonds is 11. The summed E-state index contributed by atoms with van der Waals surface area (Å²) >= 11 is 0. The van der Waals surface area contributed by atoms with Crippen LogP contribution in [0.3, 0.4) is 0 Å². The van der Waals surface area contributed by atoms with Gasteiger partial charge in [0.25, 0.3) is 23.2 Å². The Morgan fingerprint density at radius 2 is 0.964 bits per heavy atom. The van der Waals surface area contributed by atoms with Crippen LogP contribution in [0.1, 0.15) is 15.9 Å². The summed E-state index contributed by atoms with van der Waals surface area (Å²) in [6.07, 6.45) is 0. The molecule has 0 aromatic heterocycles. The predicted octanol–water partition coefficient (Wildman–Crippen LogP) is 3.11. The number of hydrogen-bond donors (Lipinski definition) is 3. The van der Waals surface area contributed by atoms with Crippen LogP contribution in [0.25, 0.3) is 5.31 Å². The van der Waals surface area contributed by atoms with Gasteiger partial charge in [-0.3, -0.25) is 29.8 Å². The van der Waals surface area contributed by atoms with Crippen LogP contribution in [-0.2, 0) is 4.79 Å². The lowest BCUT2D eigenvalue weighted by Gasteiger charge is -2.31. The molecule has 0 bridgehead atoms. The molecule has 16 heteroatoms. The number of non-ortho nitro benzene ring substituents is 1. The highest BCUT2D eigenvalue weighted by atomic mass is 35.7. The van der Waals surface area contributed by atoms with Crippen molar-refractivity contribution in [2.75, 3.05) is 5.32 Å². The Bertz CT molecular complexity index is 2250. The van der Waals surface area contributed by atoms with Crippen molar-refractivity contribution in [1.82, 2.24) is 5.32 Å². The van der Waals surface area contributed by atoms with Crippen LogP contribution in [0.2, 0.25) is 0 Å². The summed E-state index contributed by atoms with van der Waals surface area (Å²) < 4.78 is 32.7. The van der Waals surface area contributed by atoms with E-state index in [0.717, 1.165) is 34.1 Å². The minimum absolute atomic E-state index is 0.146. The van der Waals surface area contributed by atoms with Crippen LogP contribution in [0.4, 0.5) is 17.1 Å². The van der Waals surface area contributed by atoms with E-state index in [0.29, 0.717) is 10.9 Å². The summed E-state index contributed by atoms with van der Waals surface area (Å²) in [4.78, 5) is 51.0. The maximum atomic E-state index is 14.9. The molecule has 0 spiro atoms. The van der Waals surface area contributed by atoms with Crippen molar-refractivity contribution >= 4 is 57.4 Å². The van der Waals surface area contributed by atoms with Gasteiger partial charge in [-0.1, -0.05) is 103 Å². The monoisotopic (exact) mass is 793 g/mol. The molecule has 6 rings (SSSR count). The van der Waals surface area contributed by atoms with Crippen LogP contribution in [0.15, 0.2) is 176 Å². The van der Waals surface area contributed by atoms with E-state index in [9.17, 15) is 29.8 Å². The average Bonchev–Trinajstić information content (AvgIpc) is 3.20. The minimum Gasteiger partial charge on any atom is -0.315 e. The molecule has 14 nitrogen and oxygen atoms in total. The Morgan fingerprint density at radius 1 is 0.571 bits per heavy atom. The Hall–Kier alpha value is -6.64. The quantitative estimate of drug-likeness (QED) is 0.0751. The predicted molar refractivity (Wildman–Crippen MR) is 203 cm³/mol. The van der Waals surface area contributed by atoms with Crippen molar-refractivity contribution in [2.45, 2.75) is 0 Å². The fourth-order valence-corrected chi connectivity index (χ4v) is 10.5. The number of halogens is 1. The topological polar surface area (TPSA) is 234 Å². The summed E-state index contributed by atoms with van der Waals surface area (Å²) in [5, 5.41) is 32.3. The first-order chi connectivity index (χ1) is 26.8. The van der Waals surface area contributed by atoms with Crippen molar-refractivity contribution in [1.29, 1.82) is 0 Å². The van der Waals surface area contributed by atoms with E-state index < -0.39 is 50.5 Å². The third kappa shape index (κ3) is 9.71. The van der Waals surface area contributed by atoms with Crippen molar-refractivity contribution in [2.24, 2.45) is 0 Å². The van der Waals surface area contributed by atoms with Crippen LogP contribution >= 0.6 is 7.26 Å². The van der Waals surface area contributed by atoms with Crippen molar-refractivity contribution in [3.05, 3.63) is 207 Å². The Morgan fingerprint density at radius 3 is 1.36 bits per heavy atom. The summed E-state index contributed by atoms with van der Waals surface area (Å²) in [5.74, 6) is -1.44. The van der Waals surface area contributed by atoms with Crippen LogP contribution in [0.5, 0.6) is 0 Å². The highest BCUT2D eigenvalue weighted by Gasteiger charge is 2.53. The first kappa shape index (κ1) is 40.5. The number of benzene rings is 6. The number of nitrogens with zero attached hydrogens (tertiary/aromatic N) is 2. The number of nitro groups is 2. The summed E-state index contributed by atoms with van der Waals surface area (Å²) in [6, 6.07) is 49.8. The van der Waals surface area contributed by atoms with E-state index in [-0.39, 0.29) is 16.9 Å². The second-order valence-corrected chi connectivity index (χ2v) is 15.8. The van der Waals surface area contributed by atoms with Gasteiger partial charge in [0.2, 0.25) is 0 Å². The molecule has 0 aliphatic carbocycles. The average molecular weight is 794 g/mol. The van der Waals surface area contributed by atoms with Gasteiger partial charge in [-0.2, -0.15) is 14.0 Å². The molecule has 0 atom stereocenters. The highest BCUT2D eigenvalue weighted by Crippen LogP contribution is 2.67. The normalized spacial score (nSPS) is 11.6. The molecule has 282 valence electrons. The molecule has 0 unspecified atom stereocenters. The molecule has 2 amide bonds. The molecule has 0 fully saturated rings. The fraction of sp³-hybridized carbons (Fsp3) is 0. The number of nitrogens with one attached hydrogen (secondary N) is 2. The third-order valence-electron chi connectivity index (χ3n) is 8.19. The zero-order valence-corrected chi connectivity index (χ0v) is 30.7. The SMILES string of the molecule is O=C(Nc1ccc([N+](=O)[O-])cc1[N+](=O)[O-])/C(NC(=O)c1ccccc1)=C(\c1ccccc1)[P+](c1ccccc1)(c1ccccc1)c1ccccc1.[O-][Cl+3]([O-])([O-])O.